The van der Waals surface area contributed by atoms with Crippen LogP contribution in [0.3, 0.4) is 0 Å². The first-order valence-electron chi connectivity index (χ1n) is 9.92. The summed E-state index contributed by atoms with van der Waals surface area (Å²) in [4.78, 5) is 12.4. The third kappa shape index (κ3) is 4.50. The number of halogens is 3. The number of fused-ring (bicyclic) bond motifs is 3. The zero-order chi connectivity index (χ0) is 22.0. The van der Waals surface area contributed by atoms with E-state index < -0.39 is 35.5 Å². The van der Waals surface area contributed by atoms with E-state index in [1.165, 1.54) is 12.1 Å². The number of carbonyl (C=O) groups excluding carboxylic acids is 1. The summed E-state index contributed by atoms with van der Waals surface area (Å²) in [5.74, 6) is -2.81. The van der Waals surface area contributed by atoms with Crippen LogP contribution in [0.15, 0.2) is 24.3 Å². The van der Waals surface area contributed by atoms with Gasteiger partial charge < -0.3 is 20.1 Å². The maximum absolute atomic E-state index is 14.8. The number of nitrogens with one attached hydrogen (secondary N) is 2. The largest absolute Gasteiger partial charge is 0.488 e. The van der Waals surface area contributed by atoms with Gasteiger partial charge in [0.25, 0.3) is 5.91 Å². The fraction of sp³-hybridized carbons (Fsp3) is 0.364. The number of hydrogen-bond donors (Lipinski definition) is 2. The summed E-state index contributed by atoms with van der Waals surface area (Å²) in [7, 11) is 0. The molecule has 2 aliphatic rings. The first-order valence-corrected chi connectivity index (χ1v) is 9.92. The van der Waals surface area contributed by atoms with E-state index in [1.54, 1.807) is 0 Å². The number of ether oxygens (including phenoxy) is 2. The highest BCUT2D eigenvalue weighted by Gasteiger charge is 2.26. The van der Waals surface area contributed by atoms with Crippen LogP contribution in [0.2, 0.25) is 0 Å². The molecule has 1 amide bonds. The van der Waals surface area contributed by atoms with E-state index >= 15 is 0 Å². The molecule has 0 radical (unpaired) electrons. The van der Waals surface area contributed by atoms with Gasteiger partial charge in [0, 0.05) is 30.7 Å². The lowest BCUT2D eigenvalue weighted by Crippen LogP contribution is -2.46. The molecule has 2 aromatic carbocycles. The predicted octanol–water partition coefficient (Wildman–Crippen LogP) is 2.59. The average Bonchev–Trinajstić information content (AvgIpc) is 3.04. The van der Waals surface area contributed by atoms with E-state index in [0.717, 1.165) is 25.1 Å². The fourth-order valence-electron chi connectivity index (χ4n) is 3.69. The molecule has 0 unspecified atom stereocenters. The maximum atomic E-state index is 14.8. The van der Waals surface area contributed by atoms with Gasteiger partial charge in [-0.25, -0.2) is 13.2 Å². The van der Waals surface area contributed by atoms with Gasteiger partial charge in [-0.2, -0.15) is 5.26 Å². The molecule has 2 N–H and O–H groups in total. The molecule has 1 saturated heterocycles. The average molecular weight is 431 g/mol. The molecule has 0 saturated carbocycles. The van der Waals surface area contributed by atoms with Crippen LogP contribution in [-0.2, 0) is 22.6 Å². The maximum Gasteiger partial charge on any atom is 0.251 e. The Morgan fingerprint density at radius 3 is 2.77 bits per heavy atom. The highest BCUT2D eigenvalue weighted by atomic mass is 19.2. The normalized spacial score (nSPS) is 18.6. The van der Waals surface area contributed by atoms with Crippen LogP contribution >= 0.6 is 0 Å². The monoisotopic (exact) mass is 431 g/mol. The molecule has 2 heterocycles. The lowest BCUT2D eigenvalue weighted by Gasteiger charge is -2.23. The van der Waals surface area contributed by atoms with Crippen molar-refractivity contribution in [2.75, 3.05) is 19.7 Å². The van der Waals surface area contributed by atoms with Gasteiger partial charge in [0.15, 0.2) is 11.6 Å². The van der Waals surface area contributed by atoms with Crippen LogP contribution in [0, 0.1) is 28.8 Å². The van der Waals surface area contributed by atoms with Crippen molar-refractivity contribution in [2.45, 2.75) is 31.6 Å². The molecule has 2 aromatic rings. The van der Waals surface area contributed by atoms with E-state index in [1.807, 2.05) is 6.07 Å². The highest BCUT2D eigenvalue weighted by Crippen LogP contribution is 2.40. The Morgan fingerprint density at radius 1 is 1.19 bits per heavy atom. The van der Waals surface area contributed by atoms with Crippen LogP contribution in [-0.4, -0.2) is 37.7 Å². The quantitative estimate of drug-likeness (QED) is 0.778. The van der Waals surface area contributed by atoms with Crippen molar-refractivity contribution < 1.29 is 27.4 Å². The summed E-state index contributed by atoms with van der Waals surface area (Å²) < 4.78 is 53.1. The molecule has 9 heteroatoms. The van der Waals surface area contributed by atoms with Crippen molar-refractivity contribution in [2.24, 2.45) is 0 Å². The molecule has 2 atom stereocenters. The molecular weight excluding hydrogens is 411 g/mol. The Labute approximate surface area is 177 Å². The number of amides is 1. The summed E-state index contributed by atoms with van der Waals surface area (Å²) in [6.45, 7) is 1.52. The van der Waals surface area contributed by atoms with Gasteiger partial charge >= 0.3 is 0 Å². The molecule has 162 valence electrons. The second-order valence-corrected chi connectivity index (χ2v) is 7.46. The van der Waals surface area contributed by atoms with Crippen molar-refractivity contribution in [1.29, 1.82) is 5.26 Å². The Hall–Kier alpha value is -3.09. The van der Waals surface area contributed by atoms with Gasteiger partial charge in [0.1, 0.15) is 30.3 Å². The Balaban J connectivity index is 1.53. The number of rotatable bonds is 4. The van der Waals surface area contributed by atoms with Crippen LogP contribution in [0.4, 0.5) is 13.2 Å². The van der Waals surface area contributed by atoms with Crippen molar-refractivity contribution in [1.82, 2.24) is 10.6 Å². The Bertz CT molecular complexity index is 1050. The molecule has 0 aromatic heterocycles. The molecule has 0 spiro atoms. The second-order valence-electron chi connectivity index (χ2n) is 7.46. The number of nitrogens with zero attached hydrogens (tertiary/aromatic N) is 1. The zero-order valence-electron chi connectivity index (χ0n) is 16.5. The molecular formula is C22H20F3N3O3. The Morgan fingerprint density at radius 2 is 1.97 bits per heavy atom. The molecule has 0 bridgehead atoms. The zero-order valence-corrected chi connectivity index (χ0v) is 16.5. The minimum atomic E-state index is -1.03. The molecule has 31 heavy (non-hydrogen) atoms. The van der Waals surface area contributed by atoms with E-state index in [-0.39, 0.29) is 18.6 Å². The predicted molar refractivity (Wildman–Crippen MR) is 105 cm³/mol. The van der Waals surface area contributed by atoms with Crippen LogP contribution in [0.25, 0.3) is 11.1 Å². The van der Waals surface area contributed by atoms with E-state index in [0.29, 0.717) is 35.6 Å². The molecule has 2 aliphatic heterocycles. The van der Waals surface area contributed by atoms with Crippen LogP contribution in [0.1, 0.15) is 17.5 Å². The van der Waals surface area contributed by atoms with E-state index in [4.69, 9.17) is 9.47 Å². The number of nitriles is 1. The minimum absolute atomic E-state index is 0.00897. The second kappa shape index (κ2) is 8.96. The summed E-state index contributed by atoms with van der Waals surface area (Å²) in [6.07, 6.45) is -0.0251. The van der Waals surface area contributed by atoms with Crippen molar-refractivity contribution in [3.05, 3.63) is 52.8 Å². The van der Waals surface area contributed by atoms with Gasteiger partial charge in [-0.3, -0.25) is 4.79 Å². The van der Waals surface area contributed by atoms with Crippen molar-refractivity contribution >= 4 is 5.91 Å². The van der Waals surface area contributed by atoms with Gasteiger partial charge in [-0.1, -0.05) is 0 Å². The standard InChI is InChI=1S/C22H20F3N3O3/c23-17-8-16-15-7-19(25)18(24)5-13(15)11-31-20(16)6-12(17)4-14(9-26)28-22(29)21-10-27-2-1-3-30-21/h5-8,14,21,27H,1-4,10-11H2,(H,28,29)/t14-,21-/m0/s1. The van der Waals surface area contributed by atoms with Gasteiger partial charge in [-0.05, 0) is 48.4 Å². The molecule has 4 rings (SSSR count). The summed E-state index contributed by atoms with van der Waals surface area (Å²) in [5, 5.41) is 15.1. The topological polar surface area (TPSA) is 83.4 Å². The van der Waals surface area contributed by atoms with Crippen LogP contribution in [0.5, 0.6) is 5.75 Å². The third-order valence-corrected chi connectivity index (χ3v) is 5.30. The summed E-state index contributed by atoms with van der Waals surface area (Å²) in [6, 6.07) is 5.64. The summed E-state index contributed by atoms with van der Waals surface area (Å²) >= 11 is 0. The SMILES string of the molecule is N#C[C@H](Cc1cc2c(cc1F)-c1cc(F)c(F)cc1CO2)NC(=O)[C@@H]1CNCCCO1. The van der Waals surface area contributed by atoms with Gasteiger partial charge in [-0.15, -0.1) is 0 Å². The van der Waals surface area contributed by atoms with Crippen molar-refractivity contribution in [3.63, 3.8) is 0 Å². The highest BCUT2D eigenvalue weighted by molar-refractivity contribution is 5.81. The van der Waals surface area contributed by atoms with E-state index in [2.05, 4.69) is 10.6 Å². The molecule has 6 nitrogen and oxygen atoms in total. The Kier molecular flexibility index (Phi) is 6.11. The lowest BCUT2D eigenvalue weighted by atomic mass is 9.94. The van der Waals surface area contributed by atoms with Gasteiger partial charge in [0.2, 0.25) is 0 Å². The van der Waals surface area contributed by atoms with E-state index in [9.17, 15) is 23.2 Å². The molecule has 1 fully saturated rings. The first kappa shape index (κ1) is 21.2. The van der Waals surface area contributed by atoms with Gasteiger partial charge in [0.05, 0.1) is 6.07 Å². The minimum Gasteiger partial charge on any atom is -0.488 e. The lowest BCUT2D eigenvalue weighted by molar-refractivity contribution is -0.132. The fourth-order valence-corrected chi connectivity index (χ4v) is 3.69. The first-order chi connectivity index (χ1) is 15.0. The third-order valence-electron chi connectivity index (χ3n) is 5.30. The number of benzene rings is 2. The molecule has 0 aliphatic carbocycles. The number of carbonyl (C=O) groups is 1. The summed E-state index contributed by atoms with van der Waals surface area (Å²) in [5.41, 5.74) is 1.24. The smallest absolute Gasteiger partial charge is 0.251 e. The van der Waals surface area contributed by atoms with Crippen LogP contribution < -0.4 is 15.4 Å². The number of hydrogen-bond acceptors (Lipinski definition) is 5. The van der Waals surface area contributed by atoms with Crippen molar-refractivity contribution in [3.8, 4) is 22.9 Å².